The highest BCUT2D eigenvalue weighted by Gasteiger charge is 2.29. The number of amides is 1. The Morgan fingerprint density at radius 3 is 2.55 bits per heavy atom. The van der Waals surface area contributed by atoms with Gasteiger partial charge in [-0.2, -0.15) is 0 Å². The molecule has 20 heavy (non-hydrogen) atoms. The molecule has 2 rings (SSSR count). The van der Waals surface area contributed by atoms with Gasteiger partial charge in [-0.05, 0) is 31.1 Å². The lowest BCUT2D eigenvalue weighted by molar-refractivity contribution is -0.113. The van der Waals surface area contributed by atoms with Gasteiger partial charge in [0.1, 0.15) is 6.61 Å². The molecule has 1 heterocycles. The highest BCUT2D eigenvalue weighted by Crippen LogP contribution is 2.18. The standard InChI is InChI=1S/C16H17NO3/c1-3-14(17-9-10-20-16(17)19)15(18)12(2)11-13-7-5-4-6-8-13/h3-8,11H,9-10H2,1-2H3/b12-11+,14-3+. The van der Waals surface area contributed by atoms with E-state index in [0.717, 1.165) is 5.56 Å². The summed E-state index contributed by atoms with van der Waals surface area (Å²) in [5, 5.41) is 0. The highest BCUT2D eigenvalue weighted by atomic mass is 16.6. The van der Waals surface area contributed by atoms with Crippen molar-refractivity contribution in [3.05, 3.63) is 53.2 Å². The maximum Gasteiger partial charge on any atom is 0.414 e. The largest absolute Gasteiger partial charge is 0.447 e. The average molecular weight is 271 g/mol. The second-order valence-corrected chi connectivity index (χ2v) is 4.51. The van der Waals surface area contributed by atoms with Crippen molar-refractivity contribution in [1.82, 2.24) is 4.90 Å². The molecule has 4 heteroatoms. The lowest BCUT2D eigenvalue weighted by Crippen LogP contribution is -2.28. The number of allylic oxidation sites excluding steroid dienone is 2. The van der Waals surface area contributed by atoms with Crippen LogP contribution >= 0.6 is 0 Å². The molecule has 0 bridgehead atoms. The minimum absolute atomic E-state index is 0.157. The maximum atomic E-state index is 12.4. The van der Waals surface area contributed by atoms with E-state index in [2.05, 4.69) is 0 Å². The molecule has 0 spiro atoms. The summed E-state index contributed by atoms with van der Waals surface area (Å²) in [7, 11) is 0. The van der Waals surface area contributed by atoms with E-state index < -0.39 is 6.09 Å². The summed E-state index contributed by atoms with van der Waals surface area (Å²) in [6.07, 6.45) is 3.00. The molecule has 0 unspecified atom stereocenters. The fourth-order valence-corrected chi connectivity index (χ4v) is 2.09. The van der Waals surface area contributed by atoms with E-state index in [9.17, 15) is 9.59 Å². The smallest absolute Gasteiger partial charge is 0.414 e. The highest BCUT2D eigenvalue weighted by molar-refractivity contribution is 6.11. The van der Waals surface area contributed by atoms with E-state index in [4.69, 9.17) is 4.74 Å². The van der Waals surface area contributed by atoms with Crippen LogP contribution in [0.25, 0.3) is 6.08 Å². The first kappa shape index (κ1) is 14.1. The van der Waals surface area contributed by atoms with E-state index in [1.807, 2.05) is 36.4 Å². The van der Waals surface area contributed by atoms with Crippen molar-refractivity contribution < 1.29 is 14.3 Å². The molecule has 0 N–H and O–H groups in total. The van der Waals surface area contributed by atoms with Gasteiger partial charge in [-0.1, -0.05) is 36.4 Å². The van der Waals surface area contributed by atoms with Crippen LogP contribution in [0.15, 0.2) is 47.7 Å². The van der Waals surface area contributed by atoms with Gasteiger partial charge in [-0.25, -0.2) is 4.79 Å². The van der Waals surface area contributed by atoms with Gasteiger partial charge in [0.2, 0.25) is 5.78 Å². The Bertz CT molecular complexity index is 573. The SMILES string of the molecule is C/C=C(\C(=O)/C(C)=C/c1ccccc1)N1CCOC1=O. The number of benzene rings is 1. The molecule has 0 radical (unpaired) electrons. The van der Waals surface area contributed by atoms with Crippen molar-refractivity contribution in [3.8, 4) is 0 Å². The summed E-state index contributed by atoms with van der Waals surface area (Å²) < 4.78 is 4.87. The van der Waals surface area contributed by atoms with Crippen molar-refractivity contribution >= 4 is 18.0 Å². The molecule has 0 aromatic heterocycles. The third kappa shape index (κ3) is 2.96. The summed E-state index contributed by atoms with van der Waals surface area (Å²) in [6, 6.07) is 9.61. The van der Waals surface area contributed by atoms with Crippen molar-refractivity contribution in [2.24, 2.45) is 0 Å². The minimum atomic E-state index is -0.459. The number of rotatable bonds is 4. The predicted octanol–water partition coefficient (Wildman–Crippen LogP) is 3.02. The molecule has 1 saturated heterocycles. The van der Waals surface area contributed by atoms with Crippen LogP contribution in [0, 0.1) is 0 Å². The molecule has 0 aliphatic carbocycles. The Morgan fingerprint density at radius 2 is 2.00 bits per heavy atom. The van der Waals surface area contributed by atoms with Crippen molar-refractivity contribution in [1.29, 1.82) is 0 Å². The van der Waals surface area contributed by atoms with Gasteiger partial charge in [-0.3, -0.25) is 9.69 Å². The summed E-state index contributed by atoms with van der Waals surface area (Å²) in [6.45, 7) is 4.24. The van der Waals surface area contributed by atoms with E-state index >= 15 is 0 Å². The van der Waals surface area contributed by atoms with E-state index in [1.165, 1.54) is 4.90 Å². The molecule has 1 aromatic rings. The predicted molar refractivity (Wildman–Crippen MR) is 76.9 cm³/mol. The summed E-state index contributed by atoms with van der Waals surface area (Å²) in [4.78, 5) is 25.4. The first-order chi connectivity index (χ1) is 9.63. The fourth-order valence-electron chi connectivity index (χ4n) is 2.09. The zero-order valence-corrected chi connectivity index (χ0v) is 11.6. The van der Waals surface area contributed by atoms with E-state index in [1.54, 1.807) is 19.9 Å². The monoisotopic (exact) mass is 271 g/mol. The van der Waals surface area contributed by atoms with Crippen LogP contribution in [-0.2, 0) is 9.53 Å². The number of hydrogen-bond acceptors (Lipinski definition) is 3. The van der Waals surface area contributed by atoms with Gasteiger partial charge in [0.25, 0.3) is 0 Å². The van der Waals surface area contributed by atoms with Gasteiger partial charge in [0.05, 0.1) is 12.2 Å². The Balaban J connectivity index is 2.21. The lowest BCUT2D eigenvalue weighted by atomic mass is 10.1. The number of ketones is 1. The van der Waals surface area contributed by atoms with Gasteiger partial charge in [0.15, 0.2) is 0 Å². The topological polar surface area (TPSA) is 46.6 Å². The normalized spacial score (nSPS) is 16.3. The van der Waals surface area contributed by atoms with Gasteiger partial charge in [0, 0.05) is 0 Å². The van der Waals surface area contributed by atoms with Crippen molar-refractivity contribution in [2.75, 3.05) is 13.2 Å². The molecule has 1 fully saturated rings. The number of Topliss-reactive ketones (excluding diaryl/α,β-unsaturated/α-hetero) is 1. The zero-order chi connectivity index (χ0) is 14.5. The molecule has 1 amide bonds. The second-order valence-electron chi connectivity index (χ2n) is 4.51. The van der Waals surface area contributed by atoms with Gasteiger partial charge < -0.3 is 4.74 Å². The van der Waals surface area contributed by atoms with Crippen LogP contribution in [-0.4, -0.2) is 29.9 Å². The Labute approximate surface area is 118 Å². The second kappa shape index (κ2) is 6.19. The fraction of sp³-hybridized carbons (Fsp3) is 0.250. The molecule has 0 saturated carbocycles. The molecule has 0 atom stereocenters. The quantitative estimate of drug-likeness (QED) is 0.791. The molecule has 1 aliphatic heterocycles. The Morgan fingerprint density at radius 1 is 1.30 bits per heavy atom. The Hall–Kier alpha value is -2.36. The summed E-state index contributed by atoms with van der Waals surface area (Å²) in [5.74, 6) is -0.157. The summed E-state index contributed by atoms with van der Waals surface area (Å²) >= 11 is 0. The first-order valence-electron chi connectivity index (χ1n) is 6.52. The number of carbonyl (C=O) groups is 2. The molecular weight excluding hydrogens is 254 g/mol. The van der Waals surface area contributed by atoms with Crippen molar-refractivity contribution in [2.45, 2.75) is 13.8 Å². The van der Waals surface area contributed by atoms with Crippen LogP contribution in [0.2, 0.25) is 0 Å². The number of ether oxygens (including phenoxy) is 1. The van der Waals surface area contributed by atoms with E-state index in [0.29, 0.717) is 24.4 Å². The van der Waals surface area contributed by atoms with Crippen LogP contribution in [0.1, 0.15) is 19.4 Å². The molecule has 1 aromatic carbocycles. The van der Waals surface area contributed by atoms with Crippen LogP contribution in [0.4, 0.5) is 4.79 Å². The zero-order valence-electron chi connectivity index (χ0n) is 11.6. The third-order valence-electron chi connectivity index (χ3n) is 3.10. The number of hydrogen-bond donors (Lipinski definition) is 0. The molecular formula is C16H17NO3. The van der Waals surface area contributed by atoms with Gasteiger partial charge in [-0.15, -0.1) is 0 Å². The van der Waals surface area contributed by atoms with E-state index in [-0.39, 0.29) is 5.78 Å². The molecule has 1 aliphatic rings. The number of cyclic esters (lactones) is 1. The summed E-state index contributed by atoms with van der Waals surface area (Å²) in [5.41, 5.74) is 1.92. The van der Waals surface area contributed by atoms with Crippen LogP contribution in [0.3, 0.4) is 0 Å². The Kier molecular flexibility index (Phi) is 4.35. The molecule has 104 valence electrons. The average Bonchev–Trinajstić information content (AvgIpc) is 2.87. The number of nitrogens with zero attached hydrogens (tertiary/aromatic N) is 1. The molecule has 4 nitrogen and oxygen atoms in total. The van der Waals surface area contributed by atoms with Crippen molar-refractivity contribution in [3.63, 3.8) is 0 Å². The van der Waals surface area contributed by atoms with Crippen LogP contribution in [0.5, 0.6) is 0 Å². The third-order valence-corrected chi connectivity index (χ3v) is 3.10. The number of carbonyl (C=O) groups excluding carboxylic acids is 2. The first-order valence-corrected chi connectivity index (χ1v) is 6.52. The van der Waals surface area contributed by atoms with Crippen LogP contribution < -0.4 is 0 Å². The minimum Gasteiger partial charge on any atom is -0.447 e. The maximum absolute atomic E-state index is 12.4. The lowest BCUT2D eigenvalue weighted by Gasteiger charge is -2.15. The van der Waals surface area contributed by atoms with Gasteiger partial charge >= 0.3 is 6.09 Å².